The number of aromatic nitrogens is 4. The van der Waals surface area contributed by atoms with E-state index in [4.69, 9.17) is 4.74 Å². The van der Waals surface area contributed by atoms with Gasteiger partial charge in [0.05, 0.1) is 19.3 Å². The SMILES string of the molecule is CCc1cc(Nc2nc(C3CC3)nc(N3CCN(C4COC4)CC3)c2F)n[nH]1. The van der Waals surface area contributed by atoms with Crippen LogP contribution in [-0.4, -0.2) is 70.5 Å². The van der Waals surface area contributed by atoms with Gasteiger partial charge in [0.1, 0.15) is 5.82 Å². The molecule has 28 heavy (non-hydrogen) atoms. The van der Waals surface area contributed by atoms with E-state index in [1.54, 1.807) is 0 Å². The van der Waals surface area contributed by atoms with Gasteiger partial charge in [-0.15, -0.1) is 0 Å². The van der Waals surface area contributed by atoms with Crippen LogP contribution < -0.4 is 10.2 Å². The van der Waals surface area contributed by atoms with Crippen LogP contribution in [0.2, 0.25) is 0 Å². The third-order valence-corrected chi connectivity index (χ3v) is 5.80. The van der Waals surface area contributed by atoms with E-state index in [9.17, 15) is 0 Å². The maximum absolute atomic E-state index is 15.3. The van der Waals surface area contributed by atoms with Gasteiger partial charge in [0, 0.05) is 43.9 Å². The largest absolute Gasteiger partial charge is 0.378 e. The van der Waals surface area contributed by atoms with Crippen LogP contribution >= 0.6 is 0 Å². The summed E-state index contributed by atoms with van der Waals surface area (Å²) in [6, 6.07) is 2.40. The summed E-state index contributed by atoms with van der Waals surface area (Å²) in [7, 11) is 0. The number of nitrogens with zero attached hydrogens (tertiary/aromatic N) is 5. The highest BCUT2D eigenvalue weighted by Gasteiger charge is 2.33. The summed E-state index contributed by atoms with van der Waals surface area (Å²) in [5.41, 5.74) is 0.996. The molecular formula is C19H26FN7O. The zero-order chi connectivity index (χ0) is 19.1. The highest BCUT2D eigenvalue weighted by Crippen LogP contribution is 2.40. The van der Waals surface area contributed by atoms with Crippen LogP contribution in [0.3, 0.4) is 0 Å². The molecule has 3 aliphatic rings. The quantitative estimate of drug-likeness (QED) is 0.785. The van der Waals surface area contributed by atoms with Crippen molar-refractivity contribution in [2.24, 2.45) is 0 Å². The molecule has 3 fully saturated rings. The minimum Gasteiger partial charge on any atom is -0.378 e. The molecule has 1 aliphatic carbocycles. The lowest BCUT2D eigenvalue weighted by Gasteiger charge is -2.42. The number of rotatable bonds is 6. The molecule has 2 aromatic heterocycles. The summed E-state index contributed by atoms with van der Waals surface area (Å²) in [4.78, 5) is 13.6. The third kappa shape index (κ3) is 3.44. The molecule has 2 saturated heterocycles. The van der Waals surface area contributed by atoms with Crippen molar-refractivity contribution in [2.45, 2.75) is 38.1 Å². The number of hydrogen-bond donors (Lipinski definition) is 2. The molecule has 8 nitrogen and oxygen atoms in total. The third-order valence-electron chi connectivity index (χ3n) is 5.80. The van der Waals surface area contributed by atoms with E-state index in [0.29, 0.717) is 23.6 Å². The Morgan fingerprint density at radius 3 is 2.61 bits per heavy atom. The maximum atomic E-state index is 15.3. The first-order valence-corrected chi connectivity index (χ1v) is 10.2. The fourth-order valence-electron chi connectivity index (χ4n) is 3.73. The molecule has 0 radical (unpaired) electrons. The van der Waals surface area contributed by atoms with Crippen molar-refractivity contribution in [3.05, 3.63) is 23.4 Å². The second kappa shape index (κ2) is 7.29. The molecule has 0 spiro atoms. The molecular weight excluding hydrogens is 361 g/mol. The Labute approximate surface area is 163 Å². The Balaban J connectivity index is 1.38. The summed E-state index contributed by atoms with van der Waals surface area (Å²) in [5.74, 6) is 1.90. The Kier molecular flexibility index (Phi) is 4.64. The average Bonchev–Trinajstić information content (AvgIpc) is 3.42. The molecule has 2 aromatic rings. The summed E-state index contributed by atoms with van der Waals surface area (Å²) in [6.45, 7) is 6.99. The molecule has 0 aromatic carbocycles. The van der Waals surface area contributed by atoms with Gasteiger partial charge in [0.15, 0.2) is 17.5 Å². The van der Waals surface area contributed by atoms with E-state index in [0.717, 1.165) is 70.2 Å². The number of ether oxygens (including phenoxy) is 1. The molecule has 0 bridgehead atoms. The van der Waals surface area contributed by atoms with Gasteiger partial charge in [-0.2, -0.15) is 9.49 Å². The van der Waals surface area contributed by atoms with Crippen LogP contribution in [0.1, 0.15) is 37.2 Å². The molecule has 4 heterocycles. The minimum atomic E-state index is -0.397. The fraction of sp³-hybridized carbons (Fsp3) is 0.632. The van der Waals surface area contributed by atoms with Crippen LogP contribution in [0.4, 0.5) is 21.8 Å². The van der Waals surface area contributed by atoms with Gasteiger partial charge < -0.3 is 15.0 Å². The normalized spacial score (nSPS) is 21.0. The molecule has 5 rings (SSSR count). The lowest BCUT2D eigenvalue weighted by atomic mass is 10.2. The molecule has 2 aliphatic heterocycles. The van der Waals surface area contributed by atoms with Gasteiger partial charge in [-0.3, -0.25) is 10.00 Å². The van der Waals surface area contributed by atoms with Crippen LogP contribution in [0.15, 0.2) is 6.07 Å². The van der Waals surface area contributed by atoms with E-state index in [-0.39, 0.29) is 5.82 Å². The van der Waals surface area contributed by atoms with Crippen LogP contribution in [0.5, 0.6) is 0 Å². The Hall–Kier alpha value is -2.26. The second-order valence-corrected chi connectivity index (χ2v) is 7.81. The van der Waals surface area contributed by atoms with Gasteiger partial charge in [0.25, 0.3) is 0 Å². The van der Waals surface area contributed by atoms with Crippen molar-refractivity contribution in [1.82, 2.24) is 25.1 Å². The Morgan fingerprint density at radius 2 is 2.00 bits per heavy atom. The number of piperazine rings is 1. The first-order chi connectivity index (χ1) is 13.7. The molecule has 0 atom stereocenters. The van der Waals surface area contributed by atoms with Crippen molar-refractivity contribution in [1.29, 1.82) is 0 Å². The topological polar surface area (TPSA) is 82.2 Å². The number of nitrogens with one attached hydrogen (secondary N) is 2. The molecule has 1 saturated carbocycles. The number of anilines is 3. The van der Waals surface area contributed by atoms with E-state index in [1.165, 1.54) is 0 Å². The highest BCUT2D eigenvalue weighted by molar-refractivity contribution is 5.59. The minimum absolute atomic E-state index is 0.218. The standard InChI is InChI=1S/C19H26FN7O/c1-2-13-9-15(25-24-13)21-18-16(20)19(23-17(22-18)12-3-4-12)27-7-5-26(6-8-27)14-10-28-11-14/h9,12,14H,2-8,10-11H2,1H3,(H2,21,22,23,24,25). The second-order valence-electron chi connectivity index (χ2n) is 7.81. The van der Waals surface area contributed by atoms with E-state index < -0.39 is 5.82 Å². The number of aromatic amines is 1. The lowest BCUT2D eigenvalue weighted by molar-refractivity contribution is -0.0661. The number of aryl methyl sites for hydroxylation is 1. The number of hydrogen-bond acceptors (Lipinski definition) is 7. The molecule has 9 heteroatoms. The van der Waals surface area contributed by atoms with Gasteiger partial charge >= 0.3 is 0 Å². The maximum Gasteiger partial charge on any atom is 0.208 e. The van der Waals surface area contributed by atoms with Gasteiger partial charge in [-0.05, 0) is 19.3 Å². The zero-order valence-electron chi connectivity index (χ0n) is 16.1. The van der Waals surface area contributed by atoms with Gasteiger partial charge in [0.2, 0.25) is 5.82 Å². The smallest absolute Gasteiger partial charge is 0.208 e. The first kappa shape index (κ1) is 17.8. The molecule has 0 amide bonds. The van der Waals surface area contributed by atoms with Gasteiger partial charge in [-0.1, -0.05) is 6.92 Å². The zero-order valence-corrected chi connectivity index (χ0v) is 16.1. The number of H-pyrrole nitrogens is 1. The van der Waals surface area contributed by atoms with E-state index >= 15 is 4.39 Å². The Morgan fingerprint density at radius 1 is 1.21 bits per heavy atom. The number of halogens is 1. The molecule has 2 N–H and O–H groups in total. The Bertz CT molecular complexity index is 841. The van der Waals surface area contributed by atoms with Crippen molar-refractivity contribution in [2.75, 3.05) is 49.6 Å². The highest BCUT2D eigenvalue weighted by atomic mass is 19.1. The predicted molar refractivity (Wildman–Crippen MR) is 104 cm³/mol. The molecule has 150 valence electrons. The predicted octanol–water partition coefficient (Wildman–Crippen LogP) is 2.04. The summed E-state index contributed by atoms with van der Waals surface area (Å²) < 4.78 is 20.6. The summed E-state index contributed by atoms with van der Waals surface area (Å²) >= 11 is 0. The van der Waals surface area contributed by atoms with Crippen molar-refractivity contribution in [3.8, 4) is 0 Å². The van der Waals surface area contributed by atoms with Crippen LogP contribution in [0.25, 0.3) is 0 Å². The van der Waals surface area contributed by atoms with Crippen molar-refractivity contribution in [3.63, 3.8) is 0 Å². The summed E-state index contributed by atoms with van der Waals surface area (Å²) in [6.07, 6.45) is 2.99. The van der Waals surface area contributed by atoms with Crippen molar-refractivity contribution < 1.29 is 9.13 Å². The average molecular weight is 387 g/mol. The monoisotopic (exact) mass is 387 g/mol. The van der Waals surface area contributed by atoms with Crippen LogP contribution in [0, 0.1) is 5.82 Å². The molecule has 0 unspecified atom stereocenters. The van der Waals surface area contributed by atoms with E-state index in [2.05, 4.69) is 30.4 Å². The first-order valence-electron chi connectivity index (χ1n) is 10.2. The van der Waals surface area contributed by atoms with Crippen molar-refractivity contribution >= 4 is 17.5 Å². The fourth-order valence-corrected chi connectivity index (χ4v) is 3.73. The summed E-state index contributed by atoms with van der Waals surface area (Å²) in [5, 5.41) is 10.2. The van der Waals surface area contributed by atoms with Gasteiger partial charge in [-0.25, -0.2) is 9.97 Å². The lowest BCUT2D eigenvalue weighted by Crippen LogP contribution is -2.56. The van der Waals surface area contributed by atoms with Crippen LogP contribution in [-0.2, 0) is 11.2 Å². The van der Waals surface area contributed by atoms with E-state index in [1.807, 2.05) is 17.9 Å².